The second-order valence-electron chi connectivity index (χ2n) is 5.31. The molecule has 0 fully saturated rings. The summed E-state index contributed by atoms with van der Waals surface area (Å²) in [6.07, 6.45) is 0.0585. The van der Waals surface area contributed by atoms with Crippen molar-refractivity contribution in [3.63, 3.8) is 0 Å². The molecule has 0 saturated carbocycles. The molecule has 132 valence electrons. The van der Waals surface area contributed by atoms with Crippen molar-refractivity contribution in [2.24, 2.45) is 0 Å². The molecule has 1 amide bonds. The van der Waals surface area contributed by atoms with Gasteiger partial charge in [0.2, 0.25) is 0 Å². The van der Waals surface area contributed by atoms with Gasteiger partial charge in [-0.2, -0.15) is 0 Å². The lowest BCUT2D eigenvalue weighted by molar-refractivity contribution is -0.146. The van der Waals surface area contributed by atoms with Crippen molar-refractivity contribution >= 4 is 45.1 Å². The Kier molecular flexibility index (Phi) is 6.84. The van der Waals surface area contributed by atoms with Gasteiger partial charge in [0, 0.05) is 4.47 Å². The smallest absolute Gasteiger partial charge is 0.310 e. The third-order valence-electron chi connectivity index (χ3n) is 3.39. The minimum absolute atomic E-state index is 0.0585. The van der Waals surface area contributed by atoms with Crippen molar-refractivity contribution in [1.82, 2.24) is 0 Å². The molecule has 2 aromatic carbocycles. The highest BCUT2D eigenvalue weighted by molar-refractivity contribution is 9.10. The molecule has 0 saturated heterocycles. The average Bonchev–Trinajstić information content (AvgIpc) is 2.57. The number of nitrogens with one attached hydrogen (secondary N) is 1. The largest absolute Gasteiger partial charge is 0.496 e. The molecule has 2 aromatic rings. The van der Waals surface area contributed by atoms with Crippen LogP contribution in [0.4, 0.5) is 5.69 Å². The number of esters is 1. The van der Waals surface area contributed by atoms with E-state index in [1.54, 1.807) is 31.4 Å². The van der Waals surface area contributed by atoms with E-state index >= 15 is 0 Å². The van der Waals surface area contributed by atoms with Crippen LogP contribution in [0.25, 0.3) is 0 Å². The van der Waals surface area contributed by atoms with Crippen LogP contribution < -0.4 is 10.1 Å². The predicted octanol–water partition coefficient (Wildman–Crippen LogP) is 4.14. The van der Waals surface area contributed by atoms with Gasteiger partial charge in [0.1, 0.15) is 5.75 Å². The average molecular weight is 427 g/mol. The van der Waals surface area contributed by atoms with Crippen molar-refractivity contribution in [3.8, 4) is 5.75 Å². The van der Waals surface area contributed by atoms with Gasteiger partial charge in [0.15, 0.2) is 6.61 Å². The van der Waals surface area contributed by atoms with Crippen molar-refractivity contribution < 1.29 is 19.1 Å². The zero-order valence-corrected chi connectivity index (χ0v) is 16.1. The number of aryl methyl sites for hydroxylation is 1. The van der Waals surface area contributed by atoms with Gasteiger partial charge in [-0.3, -0.25) is 9.59 Å². The number of methoxy groups -OCH3 is 1. The highest BCUT2D eigenvalue weighted by Gasteiger charge is 2.11. The molecular formula is C18H17BrClNO4. The summed E-state index contributed by atoms with van der Waals surface area (Å²) in [5.41, 5.74) is 2.18. The molecule has 0 bridgehead atoms. The number of carbonyl (C=O) groups is 2. The summed E-state index contributed by atoms with van der Waals surface area (Å²) in [5, 5.41) is 2.98. The van der Waals surface area contributed by atoms with Crippen molar-refractivity contribution in [3.05, 3.63) is 57.0 Å². The number of anilines is 1. The molecule has 0 aliphatic carbocycles. The molecular weight excluding hydrogens is 410 g/mol. The molecule has 0 unspecified atom stereocenters. The Morgan fingerprint density at radius 1 is 1.20 bits per heavy atom. The number of benzene rings is 2. The third-order valence-corrected chi connectivity index (χ3v) is 4.20. The lowest BCUT2D eigenvalue weighted by Crippen LogP contribution is -2.21. The first-order valence-electron chi connectivity index (χ1n) is 7.43. The van der Waals surface area contributed by atoms with Crippen molar-refractivity contribution in [2.45, 2.75) is 13.3 Å². The highest BCUT2D eigenvalue weighted by atomic mass is 79.9. The van der Waals surface area contributed by atoms with Crippen LogP contribution in [0.3, 0.4) is 0 Å². The standard InChI is InChI=1S/C18H17BrClNO4/c1-11-3-4-12(7-16(11)24-2)8-18(23)25-10-17(22)21-15-6-5-13(19)9-14(15)20/h3-7,9H,8,10H2,1-2H3,(H,21,22). The Balaban J connectivity index is 1.86. The Labute approximate surface area is 159 Å². The number of hydrogen-bond donors (Lipinski definition) is 1. The van der Waals surface area contributed by atoms with Gasteiger partial charge in [-0.05, 0) is 42.3 Å². The molecule has 0 aromatic heterocycles. The van der Waals surface area contributed by atoms with Crippen molar-refractivity contribution in [1.29, 1.82) is 0 Å². The van der Waals surface area contributed by atoms with Crippen LogP contribution in [0.1, 0.15) is 11.1 Å². The quantitative estimate of drug-likeness (QED) is 0.705. The summed E-state index contributed by atoms with van der Waals surface area (Å²) in [7, 11) is 1.57. The molecule has 2 rings (SSSR count). The monoisotopic (exact) mass is 425 g/mol. The Morgan fingerprint density at radius 3 is 2.64 bits per heavy atom. The lowest BCUT2D eigenvalue weighted by atomic mass is 10.1. The second-order valence-corrected chi connectivity index (χ2v) is 6.64. The first-order valence-corrected chi connectivity index (χ1v) is 8.60. The molecule has 7 heteroatoms. The number of hydrogen-bond acceptors (Lipinski definition) is 4. The fourth-order valence-electron chi connectivity index (χ4n) is 2.12. The first kappa shape index (κ1) is 19.3. The van der Waals surface area contributed by atoms with Gasteiger partial charge in [0.25, 0.3) is 5.91 Å². The van der Waals surface area contributed by atoms with E-state index in [0.29, 0.717) is 16.5 Å². The van der Waals surface area contributed by atoms with E-state index < -0.39 is 11.9 Å². The zero-order chi connectivity index (χ0) is 18.4. The van der Waals surface area contributed by atoms with Gasteiger partial charge < -0.3 is 14.8 Å². The molecule has 0 radical (unpaired) electrons. The minimum atomic E-state index is -0.497. The van der Waals surface area contributed by atoms with E-state index in [1.807, 2.05) is 19.1 Å². The van der Waals surface area contributed by atoms with Crippen molar-refractivity contribution in [2.75, 3.05) is 19.0 Å². The van der Waals surface area contributed by atoms with E-state index in [1.165, 1.54) is 0 Å². The number of carbonyl (C=O) groups excluding carboxylic acids is 2. The number of rotatable bonds is 6. The van der Waals surface area contributed by atoms with Crippen LogP contribution in [0.15, 0.2) is 40.9 Å². The summed E-state index contributed by atoms with van der Waals surface area (Å²) >= 11 is 9.30. The van der Waals surface area contributed by atoms with Crippen LogP contribution >= 0.6 is 27.5 Å². The fourth-order valence-corrected chi connectivity index (χ4v) is 2.84. The molecule has 0 aliphatic heterocycles. The molecule has 0 atom stereocenters. The molecule has 0 heterocycles. The van der Waals surface area contributed by atoms with E-state index in [-0.39, 0.29) is 13.0 Å². The van der Waals surface area contributed by atoms with E-state index in [4.69, 9.17) is 21.1 Å². The van der Waals surface area contributed by atoms with Crippen LogP contribution in [-0.4, -0.2) is 25.6 Å². The SMILES string of the molecule is COc1cc(CC(=O)OCC(=O)Nc2ccc(Br)cc2Cl)ccc1C. The summed E-state index contributed by atoms with van der Waals surface area (Å²) < 4.78 is 11.0. The topological polar surface area (TPSA) is 64.6 Å². The number of ether oxygens (including phenoxy) is 2. The Morgan fingerprint density at radius 2 is 1.96 bits per heavy atom. The van der Waals surface area contributed by atoms with E-state index in [0.717, 1.165) is 15.6 Å². The second kappa shape index (κ2) is 8.87. The zero-order valence-electron chi connectivity index (χ0n) is 13.8. The Hall–Kier alpha value is -2.05. The van der Waals surface area contributed by atoms with Crippen LogP contribution in [0.5, 0.6) is 5.75 Å². The highest BCUT2D eigenvalue weighted by Crippen LogP contribution is 2.25. The van der Waals surface area contributed by atoms with Crippen LogP contribution in [0.2, 0.25) is 5.02 Å². The summed E-state index contributed by atoms with van der Waals surface area (Å²) in [4.78, 5) is 23.8. The van der Waals surface area contributed by atoms with E-state index in [2.05, 4.69) is 21.2 Å². The molecule has 25 heavy (non-hydrogen) atoms. The molecule has 1 N–H and O–H groups in total. The molecule has 0 aliphatic rings. The molecule has 5 nitrogen and oxygen atoms in total. The maximum absolute atomic E-state index is 11.9. The maximum atomic E-state index is 11.9. The van der Waals surface area contributed by atoms with Crippen LogP contribution in [0, 0.1) is 6.92 Å². The van der Waals surface area contributed by atoms with Gasteiger partial charge in [-0.25, -0.2) is 0 Å². The maximum Gasteiger partial charge on any atom is 0.310 e. The minimum Gasteiger partial charge on any atom is -0.496 e. The summed E-state index contributed by atoms with van der Waals surface area (Å²) in [6, 6.07) is 10.5. The summed E-state index contributed by atoms with van der Waals surface area (Å²) in [6.45, 7) is 1.53. The normalized spacial score (nSPS) is 10.2. The predicted molar refractivity (Wildman–Crippen MR) is 100 cm³/mol. The number of amides is 1. The third kappa shape index (κ3) is 5.76. The van der Waals surface area contributed by atoms with Gasteiger partial charge in [-0.15, -0.1) is 0 Å². The number of halogens is 2. The van der Waals surface area contributed by atoms with Gasteiger partial charge in [-0.1, -0.05) is 39.7 Å². The van der Waals surface area contributed by atoms with Gasteiger partial charge >= 0.3 is 5.97 Å². The first-order chi connectivity index (χ1) is 11.9. The summed E-state index contributed by atoms with van der Waals surface area (Å²) in [5.74, 6) is -0.255. The fraction of sp³-hybridized carbons (Fsp3) is 0.222. The lowest BCUT2D eigenvalue weighted by Gasteiger charge is -2.09. The van der Waals surface area contributed by atoms with Gasteiger partial charge in [0.05, 0.1) is 24.2 Å². The van der Waals surface area contributed by atoms with E-state index in [9.17, 15) is 9.59 Å². The Bertz CT molecular complexity index is 795. The van der Waals surface area contributed by atoms with Crippen LogP contribution in [-0.2, 0) is 20.7 Å². The molecule has 0 spiro atoms.